The van der Waals surface area contributed by atoms with Crippen LogP contribution < -0.4 is 5.32 Å². The predicted octanol–water partition coefficient (Wildman–Crippen LogP) is 0.865. The number of terminal acetylenes is 1. The molecule has 1 heteroatoms. The number of hydrogen-bond acceptors (Lipinski definition) is 1. The molecule has 2 atom stereocenters. The first kappa shape index (κ1) is 6.64. The summed E-state index contributed by atoms with van der Waals surface area (Å²) in [7, 11) is 0. The molecule has 1 N–H and O–H groups in total. The average Bonchev–Trinajstić information content (AvgIpc) is 1.89. The van der Waals surface area contributed by atoms with E-state index in [2.05, 4.69) is 18.2 Å². The van der Waals surface area contributed by atoms with E-state index in [0.29, 0.717) is 5.92 Å². The van der Waals surface area contributed by atoms with Crippen molar-refractivity contribution in [1.29, 1.82) is 0 Å². The summed E-state index contributed by atoms with van der Waals surface area (Å²) in [6.45, 7) is 4.38. The lowest BCUT2D eigenvalue weighted by molar-refractivity contribution is 0.334. The summed E-state index contributed by atoms with van der Waals surface area (Å²) < 4.78 is 0. The van der Waals surface area contributed by atoms with Crippen LogP contribution in [-0.2, 0) is 0 Å². The lowest BCUT2D eigenvalue weighted by atomic mass is 9.89. The van der Waals surface area contributed by atoms with Crippen LogP contribution in [0.2, 0.25) is 0 Å². The highest BCUT2D eigenvalue weighted by atomic mass is 14.9. The van der Waals surface area contributed by atoms with Gasteiger partial charge >= 0.3 is 0 Å². The molecule has 2 unspecified atom stereocenters. The Morgan fingerprint density at radius 3 is 2.89 bits per heavy atom. The van der Waals surface area contributed by atoms with Crippen LogP contribution in [0.25, 0.3) is 0 Å². The summed E-state index contributed by atoms with van der Waals surface area (Å²) in [5.74, 6) is 3.98. The van der Waals surface area contributed by atoms with E-state index in [0.717, 1.165) is 19.0 Å². The van der Waals surface area contributed by atoms with Crippen molar-refractivity contribution in [3.8, 4) is 12.3 Å². The zero-order valence-corrected chi connectivity index (χ0v) is 5.85. The highest BCUT2D eigenvalue weighted by Gasteiger charge is 2.17. The van der Waals surface area contributed by atoms with Gasteiger partial charge in [-0.1, -0.05) is 6.92 Å². The smallest absolute Gasteiger partial charge is 0.0351 e. The van der Waals surface area contributed by atoms with Gasteiger partial charge in [-0.3, -0.25) is 0 Å². The van der Waals surface area contributed by atoms with Gasteiger partial charge in [-0.15, -0.1) is 12.3 Å². The molecule has 1 aliphatic heterocycles. The van der Waals surface area contributed by atoms with Crippen molar-refractivity contribution in [3.05, 3.63) is 0 Å². The number of rotatable bonds is 0. The highest BCUT2D eigenvalue weighted by Crippen LogP contribution is 2.16. The Morgan fingerprint density at radius 2 is 2.44 bits per heavy atom. The van der Waals surface area contributed by atoms with Crippen LogP contribution in [-0.4, -0.2) is 13.1 Å². The van der Waals surface area contributed by atoms with Crippen LogP contribution in [0.4, 0.5) is 0 Å². The molecule has 0 aliphatic carbocycles. The van der Waals surface area contributed by atoms with Crippen LogP contribution in [0.15, 0.2) is 0 Å². The van der Waals surface area contributed by atoms with Crippen molar-refractivity contribution in [2.75, 3.05) is 13.1 Å². The molecule has 0 spiro atoms. The molecule has 0 aromatic rings. The molecule has 1 heterocycles. The summed E-state index contributed by atoms with van der Waals surface area (Å²) in [4.78, 5) is 0. The summed E-state index contributed by atoms with van der Waals surface area (Å²) in [6.07, 6.45) is 6.53. The van der Waals surface area contributed by atoms with Crippen molar-refractivity contribution in [3.63, 3.8) is 0 Å². The average molecular weight is 123 g/mol. The van der Waals surface area contributed by atoms with Crippen LogP contribution in [0.5, 0.6) is 0 Å². The van der Waals surface area contributed by atoms with Crippen LogP contribution in [0.1, 0.15) is 13.3 Å². The minimum atomic E-state index is 0.471. The van der Waals surface area contributed by atoms with E-state index in [1.54, 1.807) is 0 Å². The predicted molar refractivity (Wildman–Crippen MR) is 39.0 cm³/mol. The van der Waals surface area contributed by atoms with E-state index in [4.69, 9.17) is 6.42 Å². The molecule has 0 bridgehead atoms. The first-order valence-corrected chi connectivity index (χ1v) is 3.51. The van der Waals surface area contributed by atoms with Gasteiger partial charge in [-0.2, -0.15) is 0 Å². The zero-order valence-electron chi connectivity index (χ0n) is 5.85. The summed E-state index contributed by atoms with van der Waals surface area (Å²) >= 11 is 0. The zero-order chi connectivity index (χ0) is 6.69. The van der Waals surface area contributed by atoms with Crippen LogP contribution in [0, 0.1) is 24.2 Å². The van der Waals surface area contributed by atoms with E-state index in [1.807, 2.05) is 0 Å². The van der Waals surface area contributed by atoms with E-state index in [-0.39, 0.29) is 0 Å². The molecule has 1 rings (SSSR count). The van der Waals surface area contributed by atoms with E-state index >= 15 is 0 Å². The number of hydrogen-bond donors (Lipinski definition) is 1. The first-order valence-electron chi connectivity index (χ1n) is 3.51. The molecule has 0 aromatic heterocycles. The Kier molecular flexibility index (Phi) is 2.13. The molecular weight excluding hydrogens is 110 g/mol. The molecule has 0 radical (unpaired) electrons. The van der Waals surface area contributed by atoms with Crippen molar-refractivity contribution >= 4 is 0 Å². The first-order chi connectivity index (χ1) is 4.34. The van der Waals surface area contributed by atoms with E-state index < -0.39 is 0 Å². The molecule has 1 nitrogen and oxygen atoms in total. The van der Waals surface area contributed by atoms with Gasteiger partial charge < -0.3 is 5.32 Å². The second-order valence-electron chi connectivity index (χ2n) is 2.74. The lowest BCUT2D eigenvalue weighted by Gasteiger charge is -2.24. The van der Waals surface area contributed by atoms with Crippen molar-refractivity contribution in [2.45, 2.75) is 13.3 Å². The van der Waals surface area contributed by atoms with Crippen LogP contribution in [0.3, 0.4) is 0 Å². The fourth-order valence-electron chi connectivity index (χ4n) is 1.21. The molecule has 0 amide bonds. The third kappa shape index (κ3) is 1.46. The fourth-order valence-corrected chi connectivity index (χ4v) is 1.21. The molecule has 50 valence electrons. The second-order valence-corrected chi connectivity index (χ2v) is 2.74. The topological polar surface area (TPSA) is 12.0 Å². The maximum absolute atomic E-state index is 5.30. The Hall–Kier alpha value is -0.480. The lowest BCUT2D eigenvalue weighted by Crippen LogP contribution is -2.34. The van der Waals surface area contributed by atoms with Gasteiger partial charge in [0.15, 0.2) is 0 Å². The third-order valence-electron chi connectivity index (χ3n) is 2.04. The standard InChI is InChI=1S/C8H13N/c1-3-8-6-9-5-4-7(8)2/h1,7-9H,4-6H2,2H3. The van der Waals surface area contributed by atoms with Gasteiger partial charge in [0, 0.05) is 12.5 Å². The van der Waals surface area contributed by atoms with Crippen molar-refractivity contribution in [1.82, 2.24) is 5.32 Å². The number of piperidine rings is 1. The van der Waals surface area contributed by atoms with Gasteiger partial charge in [-0.25, -0.2) is 0 Å². The van der Waals surface area contributed by atoms with Gasteiger partial charge in [0.25, 0.3) is 0 Å². The molecule has 9 heavy (non-hydrogen) atoms. The normalized spacial score (nSPS) is 35.6. The summed E-state index contributed by atoms with van der Waals surface area (Å²) in [5, 5.41) is 3.27. The van der Waals surface area contributed by atoms with E-state index in [9.17, 15) is 0 Å². The summed E-state index contributed by atoms with van der Waals surface area (Å²) in [6, 6.07) is 0. The Balaban J connectivity index is 2.41. The maximum Gasteiger partial charge on any atom is 0.0351 e. The number of nitrogens with one attached hydrogen (secondary N) is 1. The SMILES string of the molecule is C#CC1CNCCC1C. The monoisotopic (exact) mass is 123 g/mol. The molecule has 1 aliphatic rings. The molecule has 0 aromatic carbocycles. The Bertz CT molecular complexity index is 123. The van der Waals surface area contributed by atoms with Crippen molar-refractivity contribution in [2.24, 2.45) is 11.8 Å². The van der Waals surface area contributed by atoms with Gasteiger partial charge in [0.2, 0.25) is 0 Å². The second kappa shape index (κ2) is 2.89. The van der Waals surface area contributed by atoms with Crippen molar-refractivity contribution < 1.29 is 0 Å². The molecule has 0 saturated carbocycles. The maximum atomic E-state index is 5.30. The van der Waals surface area contributed by atoms with Gasteiger partial charge in [-0.05, 0) is 18.9 Å². The minimum absolute atomic E-state index is 0.471. The Labute approximate surface area is 56.8 Å². The van der Waals surface area contributed by atoms with Gasteiger partial charge in [0.05, 0.1) is 0 Å². The quantitative estimate of drug-likeness (QED) is 0.471. The molecule has 1 fully saturated rings. The minimum Gasteiger partial charge on any atom is -0.315 e. The summed E-state index contributed by atoms with van der Waals surface area (Å²) in [5.41, 5.74) is 0. The fraction of sp³-hybridized carbons (Fsp3) is 0.750. The Morgan fingerprint density at radius 1 is 1.67 bits per heavy atom. The third-order valence-corrected chi connectivity index (χ3v) is 2.04. The molecule has 1 saturated heterocycles. The van der Waals surface area contributed by atoms with Gasteiger partial charge in [0.1, 0.15) is 0 Å². The molecular formula is C8H13N. The van der Waals surface area contributed by atoms with E-state index in [1.165, 1.54) is 6.42 Å². The highest BCUT2D eigenvalue weighted by molar-refractivity contribution is 4.98. The largest absolute Gasteiger partial charge is 0.315 e. The van der Waals surface area contributed by atoms with Crippen LogP contribution >= 0.6 is 0 Å².